The Kier molecular flexibility index (Phi) is 7.11. The normalized spacial score (nSPS) is 25.4. The first kappa shape index (κ1) is 23.4. The fourth-order valence-electron chi connectivity index (χ4n) is 5.14. The predicted molar refractivity (Wildman–Crippen MR) is 134 cm³/mol. The molecule has 2 heterocycles. The van der Waals surface area contributed by atoms with Crippen molar-refractivity contribution in [3.8, 4) is 5.69 Å². The number of nitrogens with zero attached hydrogens (tertiary/aromatic N) is 5. The number of amides is 2. The molecule has 4 unspecified atom stereocenters. The van der Waals surface area contributed by atoms with E-state index < -0.39 is 0 Å². The lowest BCUT2D eigenvalue weighted by atomic mass is 9.85. The number of hydrogen-bond acceptors (Lipinski definition) is 5. The Morgan fingerprint density at radius 2 is 1.79 bits per heavy atom. The van der Waals surface area contributed by atoms with Crippen molar-refractivity contribution in [2.75, 3.05) is 20.1 Å². The maximum atomic E-state index is 12.7. The first-order valence-corrected chi connectivity index (χ1v) is 11.1. The van der Waals surface area contributed by atoms with E-state index in [0.29, 0.717) is 32.0 Å². The zero-order valence-electron chi connectivity index (χ0n) is 18.4. The van der Waals surface area contributed by atoms with Crippen LogP contribution in [0.2, 0.25) is 0 Å². The Hall–Kier alpha value is -2.76. The van der Waals surface area contributed by atoms with Gasteiger partial charge in [-0.3, -0.25) is 19.5 Å². The fourth-order valence-corrected chi connectivity index (χ4v) is 5.14. The average molecular weight is 561 g/mol. The van der Waals surface area contributed by atoms with Crippen molar-refractivity contribution in [1.82, 2.24) is 30.3 Å². The highest BCUT2D eigenvalue weighted by molar-refractivity contribution is 14.0. The molecule has 1 saturated carbocycles. The van der Waals surface area contributed by atoms with Crippen molar-refractivity contribution < 1.29 is 9.59 Å². The quantitative estimate of drug-likeness (QED) is 0.133. The highest BCUT2D eigenvalue weighted by atomic mass is 127. The van der Waals surface area contributed by atoms with Crippen LogP contribution in [0.1, 0.15) is 18.4 Å². The topological polar surface area (TPSA) is 105 Å². The third kappa shape index (κ3) is 4.53. The van der Waals surface area contributed by atoms with Crippen molar-refractivity contribution >= 4 is 41.8 Å². The van der Waals surface area contributed by atoms with E-state index in [1.165, 1.54) is 11.2 Å². The van der Waals surface area contributed by atoms with Crippen molar-refractivity contribution in [1.29, 1.82) is 0 Å². The predicted octanol–water partition coefficient (Wildman–Crippen LogP) is 1.75. The molecule has 2 amide bonds. The molecule has 2 bridgehead atoms. The molecule has 3 aliphatic rings. The second-order valence-corrected chi connectivity index (χ2v) is 8.54. The van der Waals surface area contributed by atoms with Gasteiger partial charge in [0.25, 0.3) is 0 Å². The summed E-state index contributed by atoms with van der Waals surface area (Å²) in [4.78, 5) is 35.2. The number of fused-ring (bicyclic) bond motifs is 5. The lowest BCUT2D eigenvalue weighted by Crippen LogP contribution is -2.39. The number of benzene rings is 1. The van der Waals surface area contributed by atoms with E-state index in [-0.39, 0.29) is 59.5 Å². The lowest BCUT2D eigenvalue weighted by Gasteiger charge is -2.18. The van der Waals surface area contributed by atoms with E-state index in [2.05, 4.69) is 37.9 Å². The number of carbonyl (C=O) groups is 2. The zero-order chi connectivity index (χ0) is 22.1. The number of guanidine groups is 1. The summed E-state index contributed by atoms with van der Waals surface area (Å²) >= 11 is 0. The molecule has 2 aliphatic carbocycles. The van der Waals surface area contributed by atoms with Crippen LogP contribution >= 0.6 is 24.0 Å². The number of carbonyl (C=O) groups excluding carboxylic acids is 2. The minimum atomic E-state index is -0.115. The number of halogens is 1. The summed E-state index contributed by atoms with van der Waals surface area (Å²) < 4.78 is 1.71. The van der Waals surface area contributed by atoms with Gasteiger partial charge in [-0.15, -0.1) is 24.0 Å². The van der Waals surface area contributed by atoms with Crippen molar-refractivity contribution in [2.24, 2.45) is 28.7 Å². The van der Waals surface area contributed by atoms with Crippen LogP contribution in [0.25, 0.3) is 5.69 Å². The van der Waals surface area contributed by atoms with Gasteiger partial charge in [0.15, 0.2) is 5.96 Å². The van der Waals surface area contributed by atoms with Crippen LogP contribution in [0.15, 0.2) is 54.1 Å². The molecule has 5 rings (SSSR count). The summed E-state index contributed by atoms with van der Waals surface area (Å²) in [5, 5.41) is 10.7. The molecule has 1 aromatic heterocycles. The van der Waals surface area contributed by atoms with E-state index in [4.69, 9.17) is 0 Å². The number of likely N-dealkylation sites (tertiary alicyclic amines) is 1. The number of hydrogen-bond donors (Lipinski definition) is 2. The first-order chi connectivity index (χ1) is 15.7. The number of imide groups is 1. The van der Waals surface area contributed by atoms with Crippen molar-refractivity contribution in [3.63, 3.8) is 0 Å². The zero-order valence-corrected chi connectivity index (χ0v) is 20.8. The summed E-state index contributed by atoms with van der Waals surface area (Å²) in [5.74, 6) is 1.02. The maximum absolute atomic E-state index is 12.7. The van der Waals surface area contributed by atoms with Gasteiger partial charge in [-0.2, -0.15) is 5.10 Å². The highest BCUT2D eigenvalue weighted by Crippen LogP contribution is 2.52. The van der Waals surface area contributed by atoms with Gasteiger partial charge in [0.1, 0.15) is 12.7 Å². The van der Waals surface area contributed by atoms with Gasteiger partial charge < -0.3 is 10.6 Å². The SMILES string of the molecule is CN=C(NCCCN1C(=O)C2C3C=CC(C3)C2C1=O)NCc1ccc(-n2cncn2)cc1.I. The molecule has 2 fully saturated rings. The molecule has 0 radical (unpaired) electrons. The Bertz CT molecular complexity index is 1020. The van der Waals surface area contributed by atoms with Crippen LogP contribution in [0.3, 0.4) is 0 Å². The van der Waals surface area contributed by atoms with Gasteiger partial charge in [-0.1, -0.05) is 24.3 Å². The summed E-state index contributed by atoms with van der Waals surface area (Å²) in [6, 6.07) is 8.04. The van der Waals surface area contributed by atoms with Crippen LogP contribution < -0.4 is 10.6 Å². The Morgan fingerprint density at radius 3 is 2.39 bits per heavy atom. The molecule has 2 aromatic rings. The van der Waals surface area contributed by atoms with E-state index in [0.717, 1.165) is 17.7 Å². The third-order valence-corrected chi connectivity index (χ3v) is 6.72. The number of nitrogens with one attached hydrogen (secondary N) is 2. The van der Waals surface area contributed by atoms with Crippen LogP contribution in [-0.4, -0.2) is 57.6 Å². The monoisotopic (exact) mass is 561 g/mol. The standard InChI is InChI=1S/C23H27N7O2.HI/c1-24-23(27-12-15-3-7-18(8-4-15)30-14-25-13-28-30)26-9-2-10-29-21(31)19-16-5-6-17(11-16)20(19)22(29)32;/h3-8,13-14,16-17,19-20H,2,9-12H2,1H3,(H2,24,26,27);1H. The van der Waals surface area contributed by atoms with Gasteiger partial charge in [0, 0.05) is 26.7 Å². The smallest absolute Gasteiger partial charge is 0.233 e. The third-order valence-electron chi connectivity index (χ3n) is 6.72. The van der Waals surface area contributed by atoms with Crippen molar-refractivity contribution in [3.05, 3.63) is 54.6 Å². The van der Waals surface area contributed by atoms with Crippen LogP contribution in [0.4, 0.5) is 0 Å². The molecule has 1 aromatic carbocycles. The Labute approximate surface area is 209 Å². The number of allylic oxidation sites excluding steroid dienone is 2. The molecule has 4 atom stereocenters. The summed E-state index contributed by atoms with van der Waals surface area (Å²) in [5.41, 5.74) is 2.06. The molecule has 1 saturated heterocycles. The molecule has 2 N–H and O–H groups in total. The van der Waals surface area contributed by atoms with Gasteiger partial charge >= 0.3 is 0 Å². The highest BCUT2D eigenvalue weighted by Gasteiger charge is 2.58. The summed E-state index contributed by atoms with van der Waals surface area (Å²) in [6.07, 6.45) is 9.07. The van der Waals surface area contributed by atoms with Crippen LogP contribution in [-0.2, 0) is 16.1 Å². The van der Waals surface area contributed by atoms with Crippen LogP contribution in [0.5, 0.6) is 0 Å². The number of rotatable bonds is 7. The average Bonchev–Trinajstić information content (AvgIpc) is 3.60. The van der Waals surface area contributed by atoms with E-state index in [1.54, 1.807) is 18.1 Å². The Morgan fingerprint density at radius 1 is 1.09 bits per heavy atom. The maximum Gasteiger partial charge on any atom is 0.233 e. The van der Waals surface area contributed by atoms with Gasteiger partial charge in [0.2, 0.25) is 11.8 Å². The number of aliphatic imine (C=N–C) groups is 1. The minimum absolute atomic E-state index is 0. The second kappa shape index (κ2) is 10.0. The molecule has 9 nitrogen and oxygen atoms in total. The summed E-state index contributed by atoms with van der Waals surface area (Å²) in [6.45, 7) is 1.71. The van der Waals surface area contributed by atoms with Crippen molar-refractivity contribution in [2.45, 2.75) is 19.4 Å². The second-order valence-electron chi connectivity index (χ2n) is 8.54. The largest absolute Gasteiger partial charge is 0.356 e. The lowest BCUT2D eigenvalue weighted by molar-refractivity contribution is -0.140. The van der Waals surface area contributed by atoms with Gasteiger partial charge in [0.05, 0.1) is 17.5 Å². The molecular formula is C23H28IN7O2. The van der Waals surface area contributed by atoms with E-state index in [1.807, 2.05) is 24.3 Å². The van der Waals surface area contributed by atoms with E-state index >= 15 is 0 Å². The molecule has 33 heavy (non-hydrogen) atoms. The van der Waals surface area contributed by atoms with Crippen LogP contribution in [0, 0.1) is 23.7 Å². The minimum Gasteiger partial charge on any atom is -0.356 e. The molecular weight excluding hydrogens is 533 g/mol. The molecule has 174 valence electrons. The summed E-state index contributed by atoms with van der Waals surface area (Å²) in [7, 11) is 1.72. The molecule has 1 aliphatic heterocycles. The molecule has 10 heteroatoms. The van der Waals surface area contributed by atoms with Gasteiger partial charge in [-0.25, -0.2) is 9.67 Å². The van der Waals surface area contributed by atoms with Gasteiger partial charge in [-0.05, 0) is 42.4 Å². The molecule has 0 spiro atoms. The fraction of sp³-hybridized carbons (Fsp3) is 0.435. The Balaban J connectivity index is 0.00000259. The van der Waals surface area contributed by atoms with E-state index in [9.17, 15) is 9.59 Å². The number of aromatic nitrogens is 3. The first-order valence-electron chi connectivity index (χ1n) is 11.1.